The van der Waals surface area contributed by atoms with E-state index in [1.54, 1.807) is 18.2 Å². The van der Waals surface area contributed by atoms with Crippen LogP contribution in [-0.4, -0.2) is 54.6 Å². The van der Waals surface area contributed by atoms with Crippen molar-refractivity contribution in [2.45, 2.75) is 10.1 Å². The van der Waals surface area contributed by atoms with E-state index in [-0.39, 0.29) is 29.6 Å². The average Bonchev–Trinajstić information content (AvgIpc) is 2.66. The van der Waals surface area contributed by atoms with E-state index in [1.165, 1.54) is 30.3 Å². The second-order valence-electron chi connectivity index (χ2n) is 6.30. The zero-order valence-electron chi connectivity index (χ0n) is 14.6. The number of fused-ring (bicyclic) bond motifs is 1. The molecule has 1 aliphatic rings. The molecule has 7 nitrogen and oxygen atoms in total. The predicted molar refractivity (Wildman–Crippen MR) is 99.4 cm³/mol. The van der Waals surface area contributed by atoms with Gasteiger partial charge in [-0.25, -0.2) is 13.4 Å². The summed E-state index contributed by atoms with van der Waals surface area (Å²) in [6.45, 7) is 0.281. The van der Waals surface area contributed by atoms with E-state index in [2.05, 4.69) is 9.97 Å². The van der Waals surface area contributed by atoms with Crippen molar-refractivity contribution < 1.29 is 17.9 Å². The number of likely N-dealkylation sites (tertiary alicyclic amines) is 1. The Bertz CT molecular complexity index is 1110. The van der Waals surface area contributed by atoms with Crippen LogP contribution >= 0.6 is 0 Å². The van der Waals surface area contributed by atoms with E-state index < -0.39 is 15.1 Å². The summed E-state index contributed by atoms with van der Waals surface area (Å²) < 4.78 is 30.4. The Balaban J connectivity index is 1.48. The number of aromatic nitrogens is 2. The molecule has 1 saturated heterocycles. The van der Waals surface area contributed by atoms with Crippen LogP contribution in [0.5, 0.6) is 5.75 Å². The van der Waals surface area contributed by atoms with Gasteiger partial charge in [-0.05, 0) is 36.4 Å². The maximum absolute atomic E-state index is 12.7. The first-order chi connectivity index (χ1) is 13.0. The van der Waals surface area contributed by atoms with Gasteiger partial charge in [-0.15, -0.1) is 0 Å². The number of ether oxygens (including phenoxy) is 1. The molecule has 2 aromatic carbocycles. The number of para-hydroxylation sites is 2. The Morgan fingerprint density at radius 1 is 1.07 bits per heavy atom. The first-order valence-electron chi connectivity index (χ1n) is 8.38. The van der Waals surface area contributed by atoms with Crippen LogP contribution < -0.4 is 4.74 Å². The van der Waals surface area contributed by atoms with E-state index in [9.17, 15) is 13.2 Å². The second kappa shape index (κ2) is 6.62. The SMILES string of the molecule is COc1ccc(S(=O)(=O)C2CN(C(=O)c3cnc4ccccc4n3)C2)cc1. The molecule has 0 aliphatic carbocycles. The number of hydrogen-bond acceptors (Lipinski definition) is 6. The van der Waals surface area contributed by atoms with Gasteiger partial charge in [0.25, 0.3) is 5.91 Å². The second-order valence-corrected chi connectivity index (χ2v) is 8.52. The fraction of sp³-hybridized carbons (Fsp3) is 0.211. The van der Waals surface area contributed by atoms with E-state index in [1.807, 2.05) is 18.2 Å². The van der Waals surface area contributed by atoms with Crippen molar-refractivity contribution in [1.82, 2.24) is 14.9 Å². The van der Waals surface area contributed by atoms with Crippen molar-refractivity contribution in [1.29, 1.82) is 0 Å². The summed E-state index contributed by atoms with van der Waals surface area (Å²) in [5.74, 6) is 0.281. The Hall–Kier alpha value is -3.00. The number of rotatable bonds is 4. The van der Waals surface area contributed by atoms with Crippen LogP contribution in [0, 0.1) is 0 Å². The van der Waals surface area contributed by atoms with Crippen molar-refractivity contribution in [2.75, 3.05) is 20.2 Å². The molecule has 1 aromatic heterocycles. The molecular formula is C19H17N3O4S. The fourth-order valence-electron chi connectivity index (χ4n) is 2.98. The lowest BCUT2D eigenvalue weighted by molar-refractivity contribution is 0.0652. The summed E-state index contributed by atoms with van der Waals surface area (Å²) in [5, 5.41) is -0.622. The third-order valence-corrected chi connectivity index (χ3v) is 6.73. The van der Waals surface area contributed by atoms with Gasteiger partial charge in [0.05, 0.1) is 29.2 Å². The number of benzene rings is 2. The van der Waals surface area contributed by atoms with E-state index in [4.69, 9.17) is 4.74 Å². The smallest absolute Gasteiger partial charge is 0.274 e. The number of methoxy groups -OCH3 is 1. The lowest BCUT2D eigenvalue weighted by Gasteiger charge is -2.38. The van der Waals surface area contributed by atoms with Crippen LogP contribution in [0.3, 0.4) is 0 Å². The summed E-state index contributed by atoms with van der Waals surface area (Å²) in [7, 11) is -1.97. The molecule has 4 rings (SSSR count). The van der Waals surface area contributed by atoms with Gasteiger partial charge in [-0.1, -0.05) is 12.1 Å². The topological polar surface area (TPSA) is 89.5 Å². The van der Waals surface area contributed by atoms with Gasteiger partial charge in [0.15, 0.2) is 9.84 Å². The average molecular weight is 383 g/mol. The van der Waals surface area contributed by atoms with Gasteiger partial charge < -0.3 is 9.64 Å². The quantitative estimate of drug-likeness (QED) is 0.684. The minimum absolute atomic E-state index is 0.141. The van der Waals surface area contributed by atoms with E-state index in [0.29, 0.717) is 16.8 Å². The number of carbonyl (C=O) groups excluding carboxylic acids is 1. The molecule has 27 heavy (non-hydrogen) atoms. The molecule has 8 heteroatoms. The van der Waals surface area contributed by atoms with Crippen LogP contribution in [0.25, 0.3) is 11.0 Å². The maximum atomic E-state index is 12.7. The molecule has 2 heterocycles. The zero-order chi connectivity index (χ0) is 19.0. The van der Waals surface area contributed by atoms with Crippen molar-refractivity contribution in [2.24, 2.45) is 0 Å². The lowest BCUT2D eigenvalue weighted by atomic mass is 10.2. The Kier molecular flexibility index (Phi) is 4.27. The van der Waals surface area contributed by atoms with Gasteiger partial charge >= 0.3 is 0 Å². The van der Waals surface area contributed by atoms with Crippen LogP contribution in [0.2, 0.25) is 0 Å². The molecular weight excluding hydrogens is 366 g/mol. The lowest BCUT2D eigenvalue weighted by Crippen LogP contribution is -2.57. The highest BCUT2D eigenvalue weighted by Gasteiger charge is 2.41. The highest BCUT2D eigenvalue weighted by atomic mass is 32.2. The summed E-state index contributed by atoms with van der Waals surface area (Å²) in [6, 6.07) is 13.5. The van der Waals surface area contributed by atoms with Crippen molar-refractivity contribution >= 4 is 26.8 Å². The molecule has 0 spiro atoms. The molecule has 1 fully saturated rings. The summed E-state index contributed by atoms with van der Waals surface area (Å²) in [4.78, 5) is 22.8. The first-order valence-corrected chi connectivity index (χ1v) is 9.92. The van der Waals surface area contributed by atoms with Gasteiger partial charge in [0.1, 0.15) is 16.7 Å². The third-order valence-electron chi connectivity index (χ3n) is 4.63. The number of carbonyl (C=O) groups is 1. The van der Waals surface area contributed by atoms with Crippen molar-refractivity contribution in [3.8, 4) is 5.75 Å². The minimum atomic E-state index is -3.50. The fourth-order valence-corrected chi connectivity index (χ4v) is 4.63. The van der Waals surface area contributed by atoms with Gasteiger partial charge in [0, 0.05) is 13.1 Å². The number of hydrogen-bond donors (Lipinski definition) is 0. The monoisotopic (exact) mass is 383 g/mol. The molecule has 138 valence electrons. The molecule has 0 N–H and O–H groups in total. The van der Waals surface area contributed by atoms with Gasteiger partial charge in [-0.2, -0.15) is 0 Å². The zero-order valence-corrected chi connectivity index (χ0v) is 15.4. The van der Waals surface area contributed by atoms with Gasteiger partial charge in [0.2, 0.25) is 0 Å². The number of sulfone groups is 1. The summed E-state index contributed by atoms with van der Waals surface area (Å²) in [6.07, 6.45) is 1.43. The molecule has 0 saturated carbocycles. The molecule has 1 amide bonds. The highest BCUT2D eigenvalue weighted by molar-refractivity contribution is 7.92. The third kappa shape index (κ3) is 3.12. The van der Waals surface area contributed by atoms with Crippen LogP contribution in [0.15, 0.2) is 59.6 Å². The standard InChI is InChI=1S/C19H17N3O4S/c1-26-13-6-8-14(9-7-13)27(24,25)15-11-22(12-15)19(23)18-10-20-16-4-2-3-5-17(16)21-18/h2-10,15H,11-12H2,1H3. The Morgan fingerprint density at radius 3 is 2.41 bits per heavy atom. The van der Waals surface area contributed by atoms with Crippen LogP contribution in [-0.2, 0) is 9.84 Å². The number of nitrogens with zero attached hydrogens (tertiary/aromatic N) is 3. The Morgan fingerprint density at radius 2 is 1.74 bits per heavy atom. The highest BCUT2D eigenvalue weighted by Crippen LogP contribution is 2.26. The molecule has 0 unspecified atom stereocenters. The van der Waals surface area contributed by atoms with E-state index >= 15 is 0 Å². The van der Waals surface area contributed by atoms with Crippen LogP contribution in [0.4, 0.5) is 0 Å². The molecule has 3 aromatic rings. The van der Waals surface area contributed by atoms with Crippen LogP contribution in [0.1, 0.15) is 10.5 Å². The molecule has 1 aliphatic heterocycles. The van der Waals surface area contributed by atoms with Crippen molar-refractivity contribution in [3.63, 3.8) is 0 Å². The first kappa shape index (κ1) is 17.4. The minimum Gasteiger partial charge on any atom is -0.497 e. The molecule has 0 bridgehead atoms. The van der Waals surface area contributed by atoms with E-state index in [0.717, 1.165) is 0 Å². The van der Waals surface area contributed by atoms with Crippen molar-refractivity contribution in [3.05, 3.63) is 60.4 Å². The largest absolute Gasteiger partial charge is 0.497 e. The summed E-state index contributed by atoms with van der Waals surface area (Å²) in [5.41, 5.74) is 1.55. The maximum Gasteiger partial charge on any atom is 0.274 e. The predicted octanol–water partition coefficient (Wildman–Crippen LogP) is 1.94. The number of amides is 1. The molecule has 0 radical (unpaired) electrons. The summed E-state index contributed by atoms with van der Waals surface area (Å²) >= 11 is 0. The Labute approximate surface area is 156 Å². The normalized spacial score (nSPS) is 14.8. The molecule has 0 atom stereocenters. The van der Waals surface area contributed by atoms with Gasteiger partial charge in [-0.3, -0.25) is 9.78 Å².